The SMILES string of the molecule is COCCCNC(=O)CCN(c1ccc(C)cc1)S(C)(=O)=O. The molecule has 1 rings (SSSR count). The van der Waals surface area contributed by atoms with Crippen LogP contribution < -0.4 is 9.62 Å². The Hall–Kier alpha value is -1.60. The minimum Gasteiger partial charge on any atom is -0.385 e. The number of carbonyl (C=O) groups is 1. The van der Waals surface area contributed by atoms with Gasteiger partial charge in [0.2, 0.25) is 15.9 Å². The number of rotatable bonds is 9. The molecule has 0 unspecified atom stereocenters. The van der Waals surface area contributed by atoms with Crippen molar-refractivity contribution < 1.29 is 17.9 Å². The van der Waals surface area contributed by atoms with Gasteiger partial charge in [0.05, 0.1) is 11.9 Å². The van der Waals surface area contributed by atoms with Gasteiger partial charge in [-0.3, -0.25) is 9.10 Å². The van der Waals surface area contributed by atoms with Crippen LogP contribution in [0.1, 0.15) is 18.4 Å². The summed E-state index contributed by atoms with van der Waals surface area (Å²) in [4.78, 5) is 11.7. The number of nitrogens with zero attached hydrogens (tertiary/aromatic N) is 1. The highest BCUT2D eigenvalue weighted by atomic mass is 32.2. The molecule has 124 valence electrons. The summed E-state index contributed by atoms with van der Waals surface area (Å²) < 4.78 is 30.0. The van der Waals surface area contributed by atoms with Crippen LogP contribution in [0.3, 0.4) is 0 Å². The van der Waals surface area contributed by atoms with E-state index in [2.05, 4.69) is 5.32 Å². The lowest BCUT2D eigenvalue weighted by Gasteiger charge is -2.22. The van der Waals surface area contributed by atoms with Gasteiger partial charge >= 0.3 is 0 Å². The maximum absolute atomic E-state index is 11.9. The molecule has 0 heterocycles. The number of nitrogens with one attached hydrogen (secondary N) is 1. The van der Waals surface area contributed by atoms with Crippen LogP contribution in [0.15, 0.2) is 24.3 Å². The lowest BCUT2D eigenvalue weighted by atomic mass is 10.2. The first-order chi connectivity index (χ1) is 10.3. The lowest BCUT2D eigenvalue weighted by Crippen LogP contribution is -2.35. The van der Waals surface area contributed by atoms with Gasteiger partial charge in [-0.25, -0.2) is 8.42 Å². The third kappa shape index (κ3) is 6.44. The van der Waals surface area contributed by atoms with Crippen LogP contribution in [0.5, 0.6) is 0 Å². The first-order valence-corrected chi connectivity index (χ1v) is 8.99. The van der Waals surface area contributed by atoms with Crippen molar-refractivity contribution in [1.29, 1.82) is 0 Å². The zero-order valence-electron chi connectivity index (χ0n) is 13.3. The fourth-order valence-electron chi connectivity index (χ4n) is 1.93. The van der Waals surface area contributed by atoms with Gasteiger partial charge in [-0.15, -0.1) is 0 Å². The monoisotopic (exact) mass is 328 g/mol. The molecule has 1 aromatic carbocycles. The Bertz CT molecular complexity index is 570. The number of amides is 1. The van der Waals surface area contributed by atoms with Crippen LogP contribution in [0.25, 0.3) is 0 Å². The number of aryl methyl sites for hydroxylation is 1. The van der Waals surface area contributed by atoms with E-state index in [1.54, 1.807) is 19.2 Å². The summed E-state index contributed by atoms with van der Waals surface area (Å²) in [5.41, 5.74) is 1.62. The standard InChI is InChI=1S/C15H24N2O4S/c1-13-5-7-14(8-6-13)17(22(3,19)20)11-9-15(18)16-10-4-12-21-2/h5-8H,4,9-12H2,1-3H3,(H,16,18). The van der Waals surface area contributed by atoms with Crippen molar-refractivity contribution in [3.8, 4) is 0 Å². The van der Waals surface area contributed by atoms with Gasteiger partial charge in [0.25, 0.3) is 0 Å². The topological polar surface area (TPSA) is 75.7 Å². The number of carbonyl (C=O) groups excluding carboxylic acids is 1. The maximum atomic E-state index is 11.9. The number of ether oxygens (including phenoxy) is 1. The number of hydrogen-bond acceptors (Lipinski definition) is 4. The lowest BCUT2D eigenvalue weighted by molar-refractivity contribution is -0.120. The van der Waals surface area contributed by atoms with E-state index in [0.29, 0.717) is 18.8 Å². The summed E-state index contributed by atoms with van der Waals surface area (Å²) in [6.45, 7) is 3.16. The van der Waals surface area contributed by atoms with E-state index >= 15 is 0 Å². The van der Waals surface area contributed by atoms with Crippen molar-refractivity contribution in [3.63, 3.8) is 0 Å². The number of benzene rings is 1. The average molecular weight is 328 g/mol. The zero-order chi connectivity index (χ0) is 16.6. The van der Waals surface area contributed by atoms with E-state index < -0.39 is 10.0 Å². The van der Waals surface area contributed by atoms with Gasteiger partial charge in [0, 0.05) is 33.2 Å². The Labute approximate surface area is 132 Å². The van der Waals surface area contributed by atoms with E-state index in [1.807, 2.05) is 19.1 Å². The molecule has 1 aromatic rings. The third-order valence-corrected chi connectivity index (χ3v) is 4.31. The average Bonchev–Trinajstić information content (AvgIpc) is 2.44. The fourth-order valence-corrected chi connectivity index (χ4v) is 2.86. The number of hydrogen-bond donors (Lipinski definition) is 1. The minimum absolute atomic E-state index is 0.119. The molecule has 7 heteroatoms. The fraction of sp³-hybridized carbons (Fsp3) is 0.533. The number of methoxy groups -OCH3 is 1. The molecule has 0 atom stereocenters. The summed E-state index contributed by atoms with van der Waals surface area (Å²) in [6, 6.07) is 7.18. The molecule has 0 saturated carbocycles. The first kappa shape index (κ1) is 18.4. The highest BCUT2D eigenvalue weighted by Crippen LogP contribution is 2.18. The highest BCUT2D eigenvalue weighted by molar-refractivity contribution is 7.92. The van der Waals surface area contributed by atoms with Crippen molar-refractivity contribution in [2.24, 2.45) is 0 Å². The predicted molar refractivity (Wildman–Crippen MR) is 87.5 cm³/mol. The van der Waals surface area contributed by atoms with E-state index in [0.717, 1.165) is 18.2 Å². The predicted octanol–water partition coefficient (Wildman–Crippen LogP) is 1.30. The van der Waals surface area contributed by atoms with Crippen LogP contribution in [-0.4, -0.2) is 47.4 Å². The molecule has 0 saturated heterocycles. The third-order valence-electron chi connectivity index (χ3n) is 3.11. The van der Waals surface area contributed by atoms with E-state index in [4.69, 9.17) is 4.74 Å². The largest absolute Gasteiger partial charge is 0.385 e. The van der Waals surface area contributed by atoms with E-state index in [9.17, 15) is 13.2 Å². The van der Waals surface area contributed by atoms with Crippen molar-refractivity contribution in [2.45, 2.75) is 19.8 Å². The van der Waals surface area contributed by atoms with Crippen LogP contribution >= 0.6 is 0 Å². The molecule has 0 aromatic heterocycles. The second-order valence-electron chi connectivity index (χ2n) is 5.12. The summed E-state index contributed by atoms with van der Waals surface area (Å²) in [5.74, 6) is -0.170. The van der Waals surface area contributed by atoms with Gasteiger partial charge in [-0.2, -0.15) is 0 Å². The Kier molecular flexibility index (Phi) is 7.34. The molecule has 0 aliphatic carbocycles. The van der Waals surface area contributed by atoms with Crippen molar-refractivity contribution in [3.05, 3.63) is 29.8 Å². The Morgan fingerprint density at radius 3 is 2.45 bits per heavy atom. The van der Waals surface area contributed by atoms with Gasteiger partial charge < -0.3 is 10.1 Å². The van der Waals surface area contributed by atoms with Gasteiger partial charge in [0.15, 0.2) is 0 Å². The van der Waals surface area contributed by atoms with E-state index in [-0.39, 0.29) is 18.9 Å². The van der Waals surface area contributed by atoms with Crippen LogP contribution in [0.4, 0.5) is 5.69 Å². The quantitative estimate of drug-likeness (QED) is 0.693. The van der Waals surface area contributed by atoms with Crippen LogP contribution in [-0.2, 0) is 19.6 Å². The van der Waals surface area contributed by atoms with Crippen molar-refractivity contribution in [2.75, 3.05) is 37.4 Å². The van der Waals surface area contributed by atoms with Crippen molar-refractivity contribution in [1.82, 2.24) is 5.32 Å². The smallest absolute Gasteiger partial charge is 0.232 e. The Morgan fingerprint density at radius 2 is 1.91 bits per heavy atom. The summed E-state index contributed by atoms with van der Waals surface area (Å²) in [5, 5.41) is 2.74. The zero-order valence-corrected chi connectivity index (χ0v) is 14.1. The highest BCUT2D eigenvalue weighted by Gasteiger charge is 2.18. The van der Waals surface area contributed by atoms with Crippen LogP contribution in [0.2, 0.25) is 0 Å². The van der Waals surface area contributed by atoms with Gasteiger partial charge in [-0.05, 0) is 25.5 Å². The summed E-state index contributed by atoms with van der Waals surface area (Å²) in [6.07, 6.45) is 1.99. The minimum atomic E-state index is -3.42. The molecule has 1 amide bonds. The van der Waals surface area contributed by atoms with Gasteiger partial charge in [-0.1, -0.05) is 17.7 Å². The molecular formula is C15H24N2O4S. The normalized spacial score (nSPS) is 11.2. The molecule has 0 aliphatic heterocycles. The van der Waals surface area contributed by atoms with E-state index in [1.165, 1.54) is 4.31 Å². The molecule has 6 nitrogen and oxygen atoms in total. The van der Waals surface area contributed by atoms with Crippen molar-refractivity contribution >= 4 is 21.6 Å². The summed E-state index contributed by atoms with van der Waals surface area (Å²) in [7, 11) is -1.82. The molecule has 0 fully saturated rings. The number of anilines is 1. The molecule has 0 aliphatic rings. The molecule has 0 spiro atoms. The van der Waals surface area contributed by atoms with Gasteiger partial charge in [0.1, 0.15) is 0 Å². The molecule has 0 radical (unpaired) electrons. The maximum Gasteiger partial charge on any atom is 0.232 e. The second-order valence-corrected chi connectivity index (χ2v) is 7.02. The Morgan fingerprint density at radius 1 is 1.27 bits per heavy atom. The molecule has 1 N–H and O–H groups in total. The second kappa shape index (κ2) is 8.75. The molecular weight excluding hydrogens is 304 g/mol. The first-order valence-electron chi connectivity index (χ1n) is 7.14. The number of sulfonamides is 1. The Balaban J connectivity index is 2.60. The molecule has 22 heavy (non-hydrogen) atoms. The van der Waals surface area contributed by atoms with Crippen LogP contribution in [0, 0.1) is 6.92 Å². The summed E-state index contributed by atoms with van der Waals surface area (Å²) >= 11 is 0. The molecule has 0 bridgehead atoms.